The minimum Gasteiger partial charge on any atom is -0.355 e. The summed E-state index contributed by atoms with van der Waals surface area (Å²) in [5, 5.41) is 8.01. The van der Waals surface area contributed by atoms with Gasteiger partial charge >= 0.3 is 10.2 Å². The van der Waals surface area contributed by atoms with Crippen molar-refractivity contribution in [3.8, 4) is 0 Å². The van der Waals surface area contributed by atoms with E-state index in [0.29, 0.717) is 0 Å². The van der Waals surface area contributed by atoms with Crippen molar-refractivity contribution in [1.82, 2.24) is 14.5 Å². The van der Waals surface area contributed by atoms with E-state index in [9.17, 15) is 8.42 Å². The minimum absolute atomic E-state index is 0.218. The molecule has 0 aliphatic rings. The molecule has 0 fully saturated rings. The van der Waals surface area contributed by atoms with Gasteiger partial charge in [0.15, 0.2) is 11.6 Å². The van der Waals surface area contributed by atoms with Gasteiger partial charge in [-0.2, -0.15) is 12.7 Å². The van der Waals surface area contributed by atoms with Crippen LogP contribution in [-0.2, 0) is 10.2 Å². The highest BCUT2D eigenvalue weighted by Gasteiger charge is 2.14. The first-order valence-electron chi connectivity index (χ1n) is 6.69. The van der Waals surface area contributed by atoms with Crippen molar-refractivity contribution in [2.75, 3.05) is 36.8 Å². The Morgan fingerprint density at radius 1 is 1.10 bits per heavy atom. The van der Waals surface area contributed by atoms with Crippen molar-refractivity contribution in [3.05, 3.63) is 12.1 Å². The van der Waals surface area contributed by atoms with Gasteiger partial charge in [0.25, 0.3) is 0 Å². The molecule has 0 unspecified atom stereocenters. The maximum Gasteiger partial charge on any atom is 0.302 e. The van der Waals surface area contributed by atoms with Crippen LogP contribution in [0.3, 0.4) is 0 Å². The van der Waals surface area contributed by atoms with Crippen molar-refractivity contribution in [1.29, 1.82) is 0 Å². The van der Waals surface area contributed by atoms with Crippen LogP contribution in [0.2, 0.25) is 0 Å². The van der Waals surface area contributed by atoms with Gasteiger partial charge in [-0.05, 0) is 25.0 Å². The number of nitrogens with zero attached hydrogens (tertiary/aromatic N) is 4. The lowest BCUT2D eigenvalue weighted by Crippen LogP contribution is -2.30. The predicted octanol–water partition coefficient (Wildman–Crippen LogP) is 1.32. The first-order valence-corrected chi connectivity index (χ1v) is 8.13. The topological polar surface area (TPSA) is 78.4 Å². The molecule has 0 saturated carbocycles. The second kappa shape index (κ2) is 7.39. The molecule has 1 aromatic heterocycles. The highest BCUT2D eigenvalue weighted by molar-refractivity contribution is 7.90. The summed E-state index contributed by atoms with van der Waals surface area (Å²) in [6.07, 6.45) is 2.05. The first-order chi connectivity index (χ1) is 9.40. The third-order valence-corrected chi connectivity index (χ3v) is 4.10. The molecule has 0 spiro atoms. The zero-order chi connectivity index (χ0) is 15.2. The minimum atomic E-state index is -3.54. The zero-order valence-electron chi connectivity index (χ0n) is 12.5. The molecule has 1 rings (SSSR count). The van der Waals surface area contributed by atoms with E-state index in [1.165, 1.54) is 14.1 Å². The van der Waals surface area contributed by atoms with Gasteiger partial charge in [0.05, 0.1) is 0 Å². The van der Waals surface area contributed by atoms with Crippen molar-refractivity contribution in [2.24, 2.45) is 0 Å². The normalized spacial score (nSPS) is 11.7. The molecule has 0 aliphatic heterocycles. The fourth-order valence-electron chi connectivity index (χ4n) is 1.65. The SMILES string of the molecule is CCCN(CCC)c1ccc(NS(=O)(=O)N(C)C)nn1. The fraction of sp³-hybridized carbons (Fsp3) is 0.667. The van der Waals surface area contributed by atoms with E-state index < -0.39 is 10.2 Å². The zero-order valence-corrected chi connectivity index (χ0v) is 13.3. The van der Waals surface area contributed by atoms with Crippen LogP contribution in [0.1, 0.15) is 26.7 Å². The van der Waals surface area contributed by atoms with Crippen molar-refractivity contribution < 1.29 is 8.42 Å². The molecule has 0 amide bonds. The fourth-order valence-corrected chi connectivity index (χ4v) is 2.21. The largest absolute Gasteiger partial charge is 0.355 e. The van der Waals surface area contributed by atoms with Gasteiger partial charge in [0, 0.05) is 27.2 Å². The van der Waals surface area contributed by atoms with Gasteiger partial charge in [0.1, 0.15) is 0 Å². The van der Waals surface area contributed by atoms with E-state index in [2.05, 4.69) is 33.7 Å². The van der Waals surface area contributed by atoms with Gasteiger partial charge in [-0.3, -0.25) is 4.72 Å². The van der Waals surface area contributed by atoms with Crippen LogP contribution in [0, 0.1) is 0 Å². The number of hydrogen-bond donors (Lipinski definition) is 1. The van der Waals surface area contributed by atoms with E-state index in [4.69, 9.17) is 0 Å². The number of hydrogen-bond acceptors (Lipinski definition) is 5. The van der Waals surface area contributed by atoms with Crippen LogP contribution in [0.15, 0.2) is 12.1 Å². The Kier molecular flexibility index (Phi) is 6.15. The van der Waals surface area contributed by atoms with Crippen LogP contribution in [0.5, 0.6) is 0 Å². The molecule has 1 heterocycles. The summed E-state index contributed by atoms with van der Waals surface area (Å²) in [5.74, 6) is 0.983. The van der Waals surface area contributed by atoms with Gasteiger partial charge < -0.3 is 4.90 Å². The summed E-state index contributed by atoms with van der Waals surface area (Å²) in [6, 6.07) is 3.41. The molecule has 20 heavy (non-hydrogen) atoms. The average Bonchev–Trinajstić information content (AvgIpc) is 2.39. The lowest BCUT2D eigenvalue weighted by Gasteiger charge is -2.22. The monoisotopic (exact) mass is 301 g/mol. The Morgan fingerprint density at radius 2 is 1.70 bits per heavy atom. The van der Waals surface area contributed by atoms with Gasteiger partial charge in [-0.25, -0.2) is 0 Å². The standard InChI is InChI=1S/C12H23N5O2S/c1-5-9-17(10-6-2)12-8-7-11(13-14-12)15-20(18,19)16(3)4/h7-8H,5-6,9-10H2,1-4H3,(H,13,15). The maximum absolute atomic E-state index is 11.7. The molecule has 8 heteroatoms. The quantitative estimate of drug-likeness (QED) is 0.783. The molecule has 0 atom stereocenters. The molecule has 7 nitrogen and oxygen atoms in total. The Labute approximate surface area is 121 Å². The summed E-state index contributed by atoms with van der Waals surface area (Å²) in [4.78, 5) is 2.14. The summed E-state index contributed by atoms with van der Waals surface area (Å²) in [5.41, 5.74) is 0. The third-order valence-electron chi connectivity index (χ3n) is 2.68. The highest BCUT2D eigenvalue weighted by Crippen LogP contribution is 2.13. The average molecular weight is 301 g/mol. The molecule has 0 aromatic carbocycles. The molecular formula is C12H23N5O2S. The summed E-state index contributed by atoms with van der Waals surface area (Å²) >= 11 is 0. The van der Waals surface area contributed by atoms with E-state index >= 15 is 0 Å². The Balaban J connectivity index is 2.82. The molecule has 1 aromatic rings. The summed E-state index contributed by atoms with van der Waals surface area (Å²) in [6.45, 7) is 6.03. The smallest absolute Gasteiger partial charge is 0.302 e. The van der Waals surface area contributed by atoms with E-state index in [-0.39, 0.29) is 5.82 Å². The molecule has 0 aliphatic carbocycles. The molecule has 0 saturated heterocycles. The van der Waals surface area contributed by atoms with Gasteiger partial charge in [-0.15, -0.1) is 10.2 Å². The van der Waals surface area contributed by atoms with Crippen LogP contribution in [0.4, 0.5) is 11.6 Å². The third kappa shape index (κ3) is 4.61. The molecular weight excluding hydrogens is 278 g/mol. The van der Waals surface area contributed by atoms with Crippen LogP contribution in [0.25, 0.3) is 0 Å². The lowest BCUT2D eigenvalue weighted by molar-refractivity contribution is 0.526. The highest BCUT2D eigenvalue weighted by atomic mass is 32.2. The van der Waals surface area contributed by atoms with Gasteiger partial charge in [0.2, 0.25) is 0 Å². The lowest BCUT2D eigenvalue weighted by atomic mass is 10.3. The molecule has 1 N–H and O–H groups in total. The maximum atomic E-state index is 11.7. The van der Waals surface area contributed by atoms with Crippen molar-refractivity contribution in [3.63, 3.8) is 0 Å². The second-order valence-electron chi connectivity index (χ2n) is 4.65. The molecule has 0 bridgehead atoms. The summed E-state index contributed by atoms with van der Waals surface area (Å²) < 4.78 is 26.8. The Bertz CT molecular complexity index is 495. The van der Waals surface area contributed by atoms with E-state index in [0.717, 1.165) is 36.1 Å². The van der Waals surface area contributed by atoms with Crippen molar-refractivity contribution in [2.45, 2.75) is 26.7 Å². The number of aromatic nitrogens is 2. The first kappa shape index (κ1) is 16.6. The van der Waals surface area contributed by atoms with Crippen LogP contribution in [-0.4, -0.2) is 50.1 Å². The van der Waals surface area contributed by atoms with Crippen molar-refractivity contribution >= 4 is 21.8 Å². The Hall–Kier alpha value is -1.41. The predicted molar refractivity (Wildman–Crippen MR) is 81.1 cm³/mol. The summed E-state index contributed by atoms with van der Waals surface area (Å²) in [7, 11) is -0.632. The number of nitrogens with one attached hydrogen (secondary N) is 1. The van der Waals surface area contributed by atoms with E-state index in [1.54, 1.807) is 12.1 Å². The van der Waals surface area contributed by atoms with E-state index in [1.807, 2.05) is 0 Å². The number of anilines is 2. The van der Waals surface area contributed by atoms with Crippen LogP contribution < -0.4 is 9.62 Å². The second-order valence-corrected chi connectivity index (χ2v) is 6.54. The van der Waals surface area contributed by atoms with Crippen LogP contribution >= 0.6 is 0 Å². The Morgan fingerprint density at radius 3 is 2.10 bits per heavy atom. The molecule has 114 valence electrons. The molecule has 0 radical (unpaired) electrons. The number of rotatable bonds is 8. The van der Waals surface area contributed by atoms with Gasteiger partial charge in [-0.1, -0.05) is 13.8 Å².